The third-order valence-corrected chi connectivity index (χ3v) is 7.37. The Morgan fingerprint density at radius 1 is 0.970 bits per heavy atom. The Balaban J connectivity index is 1.79. The quantitative estimate of drug-likeness (QED) is 0.400. The van der Waals surface area contributed by atoms with Gasteiger partial charge in [0.15, 0.2) is 11.5 Å². The molecule has 0 unspecified atom stereocenters. The molecule has 2 heterocycles. The molecule has 6 nitrogen and oxygen atoms in total. The van der Waals surface area contributed by atoms with Crippen molar-refractivity contribution in [3.63, 3.8) is 0 Å². The fraction of sp³-hybridized carbons (Fsp3) is 0.308. The van der Waals surface area contributed by atoms with E-state index in [0.717, 1.165) is 47.0 Å². The van der Waals surface area contributed by atoms with Crippen molar-refractivity contribution in [1.29, 1.82) is 0 Å². The lowest BCUT2D eigenvalue weighted by molar-refractivity contribution is 0.324. The molecule has 0 N–H and O–H groups in total. The summed E-state index contributed by atoms with van der Waals surface area (Å²) in [6.07, 6.45) is 4.25. The number of nitrogens with zero attached hydrogens (tertiary/aromatic N) is 2. The molecule has 1 aliphatic carbocycles. The van der Waals surface area contributed by atoms with Crippen LogP contribution in [0.15, 0.2) is 47.3 Å². The SMILES string of the molecule is COc1cc(-c2nc3sc4c(c3c(=O)n2Cc2ccccc2)CCCC4)cc(OC)c1OC. The molecule has 2 aromatic heterocycles. The first kappa shape index (κ1) is 21.5. The number of rotatable bonds is 6. The van der Waals surface area contributed by atoms with E-state index >= 15 is 0 Å². The van der Waals surface area contributed by atoms with Crippen LogP contribution in [0.5, 0.6) is 17.2 Å². The van der Waals surface area contributed by atoms with Gasteiger partial charge in [0.1, 0.15) is 10.7 Å². The van der Waals surface area contributed by atoms with Crippen molar-refractivity contribution in [3.8, 4) is 28.6 Å². The lowest BCUT2D eigenvalue weighted by Crippen LogP contribution is -2.24. The first-order valence-corrected chi connectivity index (χ1v) is 11.9. The molecule has 5 rings (SSSR count). The highest BCUT2D eigenvalue weighted by atomic mass is 32.1. The molecule has 1 aliphatic rings. The Morgan fingerprint density at radius 3 is 2.33 bits per heavy atom. The second-order valence-electron chi connectivity index (χ2n) is 8.12. The maximum atomic E-state index is 13.9. The zero-order valence-corrected chi connectivity index (χ0v) is 19.8. The van der Waals surface area contributed by atoms with Gasteiger partial charge in [0.05, 0.1) is 33.3 Å². The third-order valence-electron chi connectivity index (χ3n) is 6.18. The average molecular weight is 463 g/mol. The van der Waals surface area contributed by atoms with E-state index in [1.807, 2.05) is 42.5 Å². The van der Waals surface area contributed by atoms with Gasteiger partial charge in [-0.25, -0.2) is 4.98 Å². The molecule has 0 saturated carbocycles. The number of fused-ring (bicyclic) bond motifs is 3. The van der Waals surface area contributed by atoms with Gasteiger partial charge in [-0.15, -0.1) is 11.3 Å². The van der Waals surface area contributed by atoms with E-state index in [9.17, 15) is 4.79 Å². The highest BCUT2D eigenvalue weighted by Crippen LogP contribution is 2.41. The molecule has 0 aliphatic heterocycles. The molecule has 7 heteroatoms. The molecule has 33 heavy (non-hydrogen) atoms. The van der Waals surface area contributed by atoms with Gasteiger partial charge < -0.3 is 14.2 Å². The zero-order chi connectivity index (χ0) is 22.9. The third kappa shape index (κ3) is 3.76. The summed E-state index contributed by atoms with van der Waals surface area (Å²) < 4.78 is 18.4. The number of hydrogen-bond acceptors (Lipinski definition) is 6. The lowest BCUT2D eigenvalue weighted by Gasteiger charge is -2.17. The van der Waals surface area contributed by atoms with Crippen molar-refractivity contribution in [2.24, 2.45) is 0 Å². The zero-order valence-electron chi connectivity index (χ0n) is 19.0. The normalized spacial score (nSPS) is 13.1. The van der Waals surface area contributed by atoms with Gasteiger partial charge in [0, 0.05) is 10.4 Å². The number of benzene rings is 2. The van der Waals surface area contributed by atoms with Gasteiger partial charge in [-0.2, -0.15) is 0 Å². The van der Waals surface area contributed by atoms with E-state index in [0.29, 0.717) is 29.6 Å². The Bertz CT molecular complexity index is 1350. The minimum absolute atomic E-state index is 0.00649. The summed E-state index contributed by atoms with van der Waals surface area (Å²) in [4.78, 5) is 21.1. The maximum Gasteiger partial charge on any atom is 0.263 e. The van der Waals surface area contributed by atoms with Gasteiger partial charge in [0.2, 0.25) is 5.75 Å². The van der Waals surface area contributed by atoms with Gasteiger partial charge in [-0.1, -0.05) is 30.3 Å². The summed E-state index contributed by atoms with van der Waals surface area (Å²) in [6, 6.07) is 13.7. The van der Waals surface area contributed by atoms with Crippen molar-refractivity contribution in [1.82, 2.24) is 9.55 Å². The molecule has 0 amide bonds. The highest BCUT2D eigenvalue weighted by molar-refractivity contribution is 7.18. The fourth-order valence-electron chi connectivity index (χ4n) is 4.58. The van der Waals surface area contributed by atoms with E-state index in [-0.39, 0.29) is 5.56 Å². The maximum absolute atomic E-state index is 13.9. The number of aromatic nitrogens is 2. The number of hydrogen-bond donors (Lipinski definition) is 0. The standard InChI is InChI=1S/C26H26N2O4S/c1-30-19-13-17(14-20(31-2)23(19)32-3)24-27-25-22(18-11-7-8-12-21(18)33-25)26(29)28(24)15-16-9-5-4-6-10-16/h4-6,9-10,13-14H,7-8,11-12,15H2,1-3H3. The van der Waals surface area contributed by atoms with Crippen molar-refractivity contribution >= 4 is 21.6 Å². The van der Waals surface area contributed by atoms with Gasteiger partial charge >= 0.3 is 0 Å². The predicted octanol–water partition coefficient (Wildman–Crippen LogP) is 5.08. The summed E-state index contributed by atoms with van der Waals surface area (Å²) in [5.74, 6) is 2.15. The topological polar surface area (TPSA) is 62.6 Å². The van der Waals surface area contributed by atoms with Crippen LogP contribution in [0.1, 0.15) is 28.8 Å². The largest absolute Gasteiger partial charge is 0.493 e. The number of thiophene rings is 1. The summed E-state index contributed by atoms with van der Waals surface area (Å²) >= 11 is 1.65. The van der Waals surface area contributed by atoms with E-state index in [1.165, 1.54) is 10.4 Å². The number of methoxy groups -OCH3 is 3. The second-order valence-corrected chi connectivity index (χ2v) is 9.20. The van der Waals surface area contributed by atoms with Crippen molar-refractivity contribution in [3.05, 3.63) is 68.8 Å². The molecular weight excluding hydrogens is 436 g/mol. The van der Waals surface area contributed by atoms with Crippen molar-refractivity contribution in [2.75, 3.05) is 21.3 Å². The molecule has 4 aromatic rings. The molecular formula is C26H26N2O4S. The summed E-state index contributed by atoms with van der Waals surface area (Å²) in [7, 11) is 4.75. The minimum Gasteiger partial charge on any atom is -0.493 e. The Labute approximate surface area is 196 Å². The Morgan fingerprint density at radius 2 is 1.67 bits per heavy atom. The monoisotopic (exact) mass is 462 g/mol. The molecule has 2 aromatic carbocycles. The average Bonchev–Trinajstić information content (AvgIpc) is 3.24. The molecule has 0 atom stereocenters. The summed E-state index contributed by atoms with van der Waals surface area (Å²) in [6.45, 7) is 0.430. The van der Waals surface area contributed by atoms with Gasteiger partial charge in [-0.05, 0) is 48.9 Å². The van der Waals surface area contributed by atoms with E-state index in [2.05, 4.69) is 0 Å². The Kier molecular flexibility index (Phi) is 5.81. The molecule has 0 spiro atoms. The molecule has 170 valence electrons. The summed E-state index contributed by atoms with van der Waals surface area (Å²) in [5, 5.41) is 0.779. The van der Waals surface area contributed by atoms with Crippen LogP contribution in [0.25, 0.3) is 21.6 Å². The lowest BCUT2D eigenvalue weighted by atomic mass is 9.97. The van der Waals surface area contributed by atoms with Crippen molar-refractivity contribution in [2.45, 2.75) is 32.2 Å². The van der Waals surface area contributed by atoms with Crippen LogP contribution in [-0.4, -0.2) is 30.9 Å². The van der Waals surface area contributed by atoms with E-state index < -0.39 is 0 Å². The molecule has 0 fully saturated rings. The molecule has 0 bridgehead atoms. The molecule has 0 saturated heterocycles. The van der Waals surface area contributed by atoms with Crippen LogP contribution >= 0.6 is 11.3 Å². The van der Waals surface area contributed by atoms with Gasteiger partial charge in [0.25, 0.3) is 5.56 Å². The predicted molar refractivity (Wildman–Crippen MR) is 131 cm³/mol. The Hall–Kier alpha value is -3.32. The van der Waals surface area contributed by atoms with Crippen LogP contribution in [0.3, 0.4) is 0 Å². The molecule has 0 radical (unpaired) electrons. The van der Waals surface area contributed by atoms with Gasteiger partial charge in [-0.3, -0.25) is 9.36 Å². The fourth-order valence-corrected chi connectivity index (χ4v) is 5.83. The van der Waals surface area contributed by atoms with Crippen molar-refractivity contribution < 1.29 is 14.2 Å². The van der Waals surface area contributed by atoms with Crippen LogP contribution in [0, 0.1) is 0 Å². The first-order valence-electron chi connectivity index (χ1n) is 11.0. The van der Waals surface area contributed by atoms with Crippen LogP contribution in [0.2, 0.25) is 0 Å². The summed E-state index contributed by atoms with van der Waals surface area (Å²) in [5.41, 5.74) is 2.98. The van der Waals surface area contributed by atoms with Crippen LogP contribution in [-0.2, 0) is 19.4 Å². The minimum atomic E-state index is 0.00649. The smallest absolute Gasteiger partial charge is 0.263 e. The highest BCUT2D eigenvalue weighted by Gasteiger charge is 2.24. The second kappa shape index (κ2) is 8.90. The van der Waals surface area contributed by atoms with E-state index in [4.69, 9.17) is 19.2 Å². The number of ether oxygens (including phenoxy) is 3. The van der Waals surface area contributed by atoms with E-state index in [1.54, 1.807) is 37.2 Å². The first-order chi connectivity index (χ1) is 16.1. The van der Waals surface area contributed by atoms with Crippen LogP contribution in [0.4, 0.5) is 0 Å². The van der Waals surface area contributed by atoms with Crippen LogP contribution < -0.4 is 19.8 Å². The number of aryl methyl sites for hydroxylation is 2.